The molecule has 4 nitrogen and oxygen atoms in total. The summed E-state index contributed by atoms with van der Waals surface area (Å²) in [5.41, 5.74) is 8.51. The van der Waals surface area contributed by atoms with Crippen LogP contribution in [0.2, 0.25) is 0 Å². The molecule has 0 atom stereocenters. The monoisotopic (exact) mass is 270 g/mol. The van der Waals surface area contributed by atoms with Gasteiger partial charge in [0.1, 0.15) is 5.75 Å². The molecular weight excluding hydrogens is 252 g/mol. The van der Waals surface area contributed by atoms with Gasteiger partial charge < -0.3 is 15.8 Å². The lowest BCUT2D eigenvalue weighted by molar-refractivity contribution is -0.123. The molecule has 0 radical (unpaired) electrons. The van der Waals surface area contributed by atoms with Crippen molar-refractivity contribution in [2.24, 2.45) is 0 Å². The summed E-state index contributed by atoms with van der Waals surface area (Å²) >= 11 is 0. The molecule has 2 rings (SSSR count). The average Bonchev–Trinajstić information content (AvgIpc) is 2.46. The zero-order chi connectivity index (χ0) is 14.4. The van der Waals surface area contributed by atoms with Gasteiger partial charge in [-0.2, -0.15) is 0 Å². The first-order valence-electron chi connectivity index (χ1n) is 6.44. The minimum Gasteiger partial charge on any atom is -0.484 e. The highest BCUT2D eigenvalue weighted by atomic mass is 16.5. The number of nitrogens with two attached hydrogens (primary N) is 1. The van der Waals surface area contributed by atoms with Crippen LogP contribution in [0.3, 0.4) is 0 Å². The van der Waals surface area contributed by atoms with Crippen LogP contribution < -0.4 is 15.8 Å². The fraction of sp³-hybridized carbons (Fsp3) is 0.188. The van der Waals surface area contributed by atoms with E-state index in [1.165, 1.54) is 0 Å². The van der Waals surface area contributed by atoms with Crippen molar-refractivity contribution >= 4 is 11.6 Å². The van der Waals surface area contributed by atoms with Crippen molar-refractivity contribution in [1.29, 1.82) is 0 Å². The largest absolute Gasteiger partial charge is 0.484 e. The molecule has 20 heavy (non-hydrogen) atoms. The van der Waals surface area contributed by atoms with Crippen molar-refractivity contribution < 1.29 is 9.53 Å². The van der Waals surface area contributed by atoms with Gasteiger partial charge in [0.2, 0.25) is 0 Å². The summed E-state index contributed by atoms with van der Waals surface area (Å²) in [6.45, 7) is 2.53. The Balaban J connectivity index is 1.78. The summed E-state index contributed by atoms with van der Waals surface area (Å²) in [5, 5.41) is 2.83. The van der Waals surface area contributed by atoms with Gasteiger partial charge in [0, 0.05) is 12.2 Å². The second-order valence-corrected chi connectivity index (χ2v) is 4.56. The van der Waals surface area contributed by atoms with E-state index in [0.717, 1.165) is 11.1 Å². The number of hydrogen-bond donors (Lipinski definition) is 2. The van der Waals surface area contributed by atoms with Crippen LogP contribution in [-0.2, 0) is 11.3 Å². The van der Waals surface area contributed by atoms with E-state index in [4.69, 9.17) is 10.5 Å². The van der Waals surface area contributed by atoms with E-state index < -0.39 is 0 Å². The third-order valence-corrected chi connectivity index (χ3v) is 2.99. The number of nitrogen functional groups attached to an aromatic ring is 1. The van der Waals surface area contributed by atoms with Gasteiger partial charge in [-0.15, -0.1) is 0 Å². The van der Waals surface area contributed by atoms with Crippen molar-refractivity contribution in [1.82, 2.24) is 5.32 Å². The predicted octanol–water partition coefficient (Wildman–Crippen LogP) is 2.27. The first-order chi connectivity index (χ1) is 9.65. The SMILES string of the molecule is Cc1ccccc1CNC(=O)COc1ccc(N)cc1. The van der Waals surface area contributed by atoms with Crippen molar-refractivity contribution in [3.8, 4) is 5.75 Å². The van der Waals surface area contributed by atoms with Crippen LogP contribution in [0.4, 0.5) is 5.69 Å². The standard InChI is InChI=1S/C16H18N2O2/c1-12-4-2-3-5-13(12)10-18-16(19)11-20-15-8-6-14(17)7-9-15/h2-9H,10-11,17H2,1H3,(H,18,19). The van der Waals surface area contributed by atoms with Gasteiger partial charge >= 0.3 is 0 Å². The Morgan fingerprint density at radius 3 is 2.55 bits per heavy atom. The minimum atomic E-state index is -0.148. The fourth-order valence-corrected chi connectivity index (χ4v) is 1.77. The molecule has 0 saturated heterocycles. The minimum absolute atomic E-state index is 0.00417. The molecule has 2 aromatic rings. The van der Waals surface area contributed by atoms with Gasteiger partial charge in [0.25, 0.3) is 5.91 Å². The number of aryl methyl sites for hydroxylation is 1. The Labute approximate surface area is 118 Å². The average molecular weight is 270 g/mol. The summed E-state index contributed by atoms with van der Waals surface area (Å²) in [6, 6.07) is 14.9. The van der Waals surface area contributed by atoms with Gasteiger partial charge in [-0.05, 0) is 42.3 Å². The molecule has 0 heterocycles. The van der Waals surface area contributed by atoms with Crippen molar-refractivity contribution in [2.45, 2.75) is 13.5 Å². The van der Waals surface area contributed by atoms with Crippen molar-refractivity contribution in [3.63, 3.8) is 0 Å². The van der Waals surface area contributed by atoms with Gasteiger partial charge in [-0.3, -0.25) is 4.79 Å². The molecule has 0 bridgehead atoms. The Hall–Kier alpha value is -2.49. The highest BCUT2D eigenvalue weighted by Crippen LogP contribution is 2.12. The van der Waals surface area contributed by atoms with Crippen molar-refractivity contribution in [3.05, 3.63) is 59.7 Å². The van der Waals surface area contributed by atoms with Crippen LogP contribution >= 0.6 is 0 Å². The molecule has 0 aromatic heterocycles. The van der Waals surface area contributed by atoms with E-state index in [0.29, 0.717) is 18.0 Å². The maximum Gasteiger partial charge on any atom is 0.258 e. The number of rotatable bonds is 5. The number of amides is 1. The molecule has 0 unspecified atom stereocenters. The molecule has 0 aliphatic rings. The van der Waals surface area contributed by atoms with E-state index in [-0.39, 0.29) is 12.5 Å². The second-order valence-electron chi connectivity index (χ2n) is 4.56. The van der Waals surface area contributed by atoms with E-state index in [1.807, 2.05) is 31.2 Å². The summed E-state index contributed by atoms with van der Waals surface area (Å²) in [6.07, 6.45) is 0. The Kier molecular flexibility index (Phi) is 4.60. The maximum atomic E-state index is 11.7. The third-order valence-electron chi connectivity index (χ3n) is 2.99. The Bertz CT molecular complexity index is 579. The third kappa shape index (κ3) is 4.02. The number of carbonyl (C=O) groups excluding carboxylic acids is 1. The maximum absolute atomic E-state index is 11.7. The van der Waals surface area contributed by atoms with Gasteiger partial charge in [-0.1, -0.05) is 24.3 Å². The quantitative estimate of drug-likeness (QED) is 0.819. The molecule has 3 N–H and O–H groups in total. The molecule has 0 aliphatic heterocycles. The summed E-state index contributed by atoms with van der Waals surface area (Å²) in [5.74, 6) is 0.482. The highest BCUT2D eigenvalue weighted by Gasteiger charge is 2.04. The first-order valence-corrected chi connectivity index (χ1v) is 6.44. The molecule has 0 spiro atoms. The van der Waals surface area contributed by atoms with Gasteiger partial charge in [0.05, 0.1) is 0 Å². The van der Waals surface area contributed by atoms with Crippen LogP contribution in [0.15, 0.2) is 48.5 Å². The molecule has 2 aromatic carbocycles. The van der Waals surface area contributed by atoms with E-state index in [2.05, 4.69) is 5.32 Å². The summed E-state index contributed by atoms with van der Waals surface area (Å²) in [4.78, 5) is 11.7. The summed E-state index contributed by atoms with van der Waals surface area (Å²) < 4.78 is 5.37. The second kappa shape index (κ2) is 6.61. The number of ether oxygens (including phenoxy) is 1. The summed E-state index contributed by atoms with van der Waals surface area (Å²) in [7, 11) is 0. The van der Waals surface area contributed by atoms with Gasteiger partial charge in [-0.25, -0.2) is 0 Å². The van der Waals surface area contributed by atoms with Crippen LogP contribution in [0.1, 0.15) is 11.1 Å². The topological polar surface area (TPSA) is 64.3 Å². The number of hydrogen-bond acceptors (Lipinski definition) is 3. The van der Waals surface area contributed by atoms with Gasteiger partial charge in [0.15, 0.2) is 6.61 Å². The normalized spacial score (nSPS) is 10.1. The molecular formula is C16H18N2O2. The van der Waals surface area contributed by atoms with Crippen LogP contribution in [0.5, 0.6) is 5.75 Å². The predicted molar refractivity (Wildman–Crippen MR) is 79.4 cm³/mol. The number of nitrogens with one attached hydrogen (secondary N) is 1. The molecule has 4 heteroatoms. The number of carbonyl (C=O) groups is 1. The zero-order valence-corrected chi connectivity index (χ0v) is 11.4. The lowest BCUT2D eigenvalue weighted by atomic mass is 10.1. The van der Waals surface area contributed by atoms with Crippen LogP contribution in [0.25, 0.3) is 0 Å². The highest BCUT2D eigenvalue weighted by molar-refractivity contribution is 5.77. The number of benzene rings is 2. The van der Waals surface area contributed by atoms with Crippen LogP contribution in [-0.4, -0.2) is 12.5 Å². The van der Waals surface area contributed by atoms with E-state index in [9.17, 15) is 4.79 Å². The molecule has 1 amide bonds. The molecule has 0 aliphatic carbocycles. The molecule has 104 valence electrons. The lowest BCUT2D eigenvalue weighted by Crippen LogP contribution is -2.28. The molecule has 0 fully saturated rings. The van der Waals surface area contributed by atoms with E-state index in [1.54, 1.807) is 24.3 Å². The van der Waals surface area contributed by atoms with Crippen molar-refractivity contribution in [2.75, 3.05) is 12.3 Å². The smallest absolute Gasteiger partial charge is 0.258 e. The van der Waals surface area contributed by atoms with Crippen LogP contribution in [0, 0.1) is 6.92 Å². The Morgan fingerprint density at radius 2 is 1.85 bits per heavy atom. The molecule has 0 saturated carbocycles. The Morgan fingerprint density at radius 1 is 1.15 bits per heavy atom. The zero-order valence-electron chi connectivity index (χ0n) is 11.4. The fourth-order valence-electron chi connectivity index (χ4n) is 1.77. The first kappa shape index (κ1) is 13.9. The van der Waals surface area contributed by atoms with E-state index >= 15 is 0 Å². The number of anilines is 1. The lowest BCUT2D eigenvalue weighted by Gasteiger charge is -2.09.